The fourth-order valence-corrected chi connectivity index (χ4v) is 1.58. The van der Waals surface area contributed by atoms with Gasteiger partial charge in [-0.25, -0.2) is 0 Å². The number of aliphatic carboxylic acids is 1. The van der Waals surface area contributed by atoms with Crippen LogP contribution < -0.4 is 0 Å². The number of hydrogen-bond donors (Lipinski definition) is 1. The van der Waals surface area contributed by atoms with E-state index in [1.165, 1.54) is 6.92 Å². The van der Waals surface area contributed by atoms with Gasteiger partial charge in [-0.3, -0.25) is 14.5 Å². The summed E-state index contributed by atoms with van der Waals surface area (Å²) in [5.74, 6) is -0.742. The summed E-state index contributed by atoms with van der Waals surface area (Å²) in [5.41, 5.74) is 0. The molecule has 0 aromatic rings. The van der Waals surface area contributed by atoms with Crippen LogP contribution in [0.5, 0.6) is 0 Å². The van der Waals surface area contributed by atoms with Gasteiger partial charge in [-0.1, -0.05) is 0 Å². The van der Waals surface area contributed by atoms with Crippen molar-refractivity contribution in [3.8, 4) is 0 Å². The summed E-state index contributed by atoms with van der Waals surface area (Å²) >= 11 is 0. The summed E-state index contributed by atoms with van der Waals surface area (Å²) in [6.45, 7) is 5.77. The Hall–Kier alpha value is -1.10. The van der Waals surface area contributed by atoms with Crippen molar-refractivity contribution in [3.63, 3.8) is 0 Å². The van der Waals surface area contributed by atoms with Gasteiger partial charge in [0.1, 0.15) is 6.04 Å². The molecule has 1 amide bonds. The molecule has 1 fully saturated rings. The molecular weight excluding hydrogens is 184 g/mol. The lowest BCUT2D eigenvalue weighted by Gasteiger charge is -2.36. The summed E-state index contributed by atoms with van der Waals surface area (Å²) in [4.78, 5) is 25.3. The van der Waals surface area contributed by atoms with Crippen molar-refractivity contribution in [2.45, 2.75) is 19.9 Å². The van der Waals surface area contributed by atoms with Crippen molar-refractivity contribution in [1.82, 2.24) is 9.80 Å². The minimum atomic E-state index is -0.804. The number of carboxylic acids is 1. The zero-order chi connectivity index (χ0) is 10.7. The van der Waals surface area contributed by atoms with Crippen LogP contribution in [0.3, 0.4) is 0 Å². The molecule has 1 aliphatic heterocycles. The molecule has 1 rings (SSSR count). The molecule has 0 radical (unpaired) electrons. The second-order valence-electron chi connectivity index (χ2n) is 3.56. The standard InChI is InChI=1S/C9H16N2O3/c1-7(9(13)14)10-3-5-11(6-4-10)8(2)12/h7H,3-6H2,1-2H3,(H,13,14). The maximum Gasteiger partial charge on any atom is 0.320 e. The molecule has 14 heavy (non-hydrogen) atoms. The summed E-state index contributed by atoms with van der Waals surface area (Å²) in [6.07, 6.45) is 0. The Bertz CT molecular complexity index is 234. The Morgan fingerprint density at radius 2 is 1.71 bits per heavy atom. The Labute approximate surface area is 83.3 Å². The van der Waals surface area contributed by atoms with E-state index in [0.717, 1.165) is 0 Å². The molecule has 1 atom stereocenters. The third-order valence-corrected chi connectivity index (χ3v) is 2.66. The SMILES string of the molecule is CC(=O)N1CCN(C(C)C(=O)O)CC1. The van der Waals surface area contributed by atoms with Crippen LogP contribution in [0, 0.1) is 0 Å². The third kappa shape index (κ3) is 2.45. The van der Waals surface area contributed by atoms with Gasteiger partial charge in [0.05, 0.1) is 0 Å². The van der Waals surface area contributed by atoms with Crippen LogP contribution in [0.15, 0.2) is 0 Å². The molecule has 1 heterocycles. The number of nitrogens with zero attached hydrogens (tertiary/aromatic N) is 2. The van der Waals surface area contributed by atoms with Gasteiger partial charge in [0.15, 0.2) is 0 Å². The van der Waals surface area contributed by atoms with E-state index in [0.29, 0.717) is 26.2 Å². The molecule has 0 aromatic carbocycles. The molecule has 5 nitrogen and oxygen atoms in total. The van der Waals surface area contributed by atoms with E-state index >= 15 is 0 Å². The van der Waals surface area contributed by atoms with E-state index in [9.17, 15) is 9.59 Å². The van der Waals surface area contributed by atoms with E-state index in [1.807, 2.05) is 4.90 Å². The molecule has 0 aliphatic carbocycles. The number of hydrogen-bond acceptors (Lipinski definition) is 3. The van der Waals surface area contributed by atoms with E-state index in [-0.39, 0.29) is 5.91 Å². The molecule has 0 bridgehead atoms. The van der Waals surface area contributed by atoms with Crippen molar-refractivity contribution < 1.29 is 14.7 Å². The van der Waals surface area contributed by atoms with Crippen molar-refractivity contribution >= 4 is 11.9 Å². The molecule has 5 heteroatoms. The second kappa shape index (κ2) is 4.41. The summed E-state index contributed by atoms with van der Waals surface area (Å²) in [6, 6.07) is -0.455. The van der Waals surface area contributed by atoms with Gasteiger partial charge < -0.3 is 10.0 Å². The maximum atomic E-state index is 11.0. The molecule has 1 unspecified atom stereocenters. The molecule has 1 N–H and O–H groups in total. The second-order valence-corrected chi connectivity index (χ2v) is 3.56. The van der Waals surface area contributed by atoms with Crippen molar-refractivity contribution in [2.75, 3.05) is 26.2 Å². The summed E-state index contributed by atoms with van der Waals surface area (Å²) in [5, 5.41) is 8.79. The van der Waals surface area contributed by atoms with Crippen molar-refractivity contribution in [2.24, 2.45) is 0 Å². The zero-order valence-electron chi connectivity index (χ0n) is 8.56. The first-order valence-corrected chi connectivity index (χ1v) is 4.74. The highest BCUT2D eigenvalue weighted by Gasteiger charge is 2.25. The fraction of sp³-hybridized carbons (Fsp3) is 0.778. The molecule has 1 saturated heterocycles. The predicted molar refractivity (Wildman–Crippen MR) is 50.9 cm³/mol. The van der Waals surface area contributed by atoms with Gasteiger partial charge in [-0.15, -0.1) is 0 Å². The number of amides is 1. The van der Waals surface area contributed by atoms with Gasteiger partial charge >= 0.3 is 5.97 Å². The largest absolute Gasteiger partial charge is 0.480 e. The smallest absolute Gasteiger partial charge is 0.320 e. The van der Waals surface area contributed by atoms with Crippen LogP contribution in [0.4, 0.5) is 0 Å². The lowest BCUT2D eigenvalue weighted by Crippen LogP contribution is -2.52. The van der Waals surface area contributed by atoms with E-state index in [2.05, 4.69) is 0 Å². The molecule has 0 spiro atoms. The average Bonchev–Trinajstić information content (AvgIpc) is 2.16. The molecule has 80 valence electrons. The normalized spacial score (nSPS) is 20.6. The first-order valence-electron chi connectivity index (χ1n) is 4.74. The van der Waals surface area contributed by atoms with Crippen molar-refractivity contribution in [1.29, 1.82) is 0 Å². The number of rotatable bonds is 2. The van der Waals surface area contributed by atoms with Gasteiger partial charge in [0.25, 0.3) is 0 Å². The monoisotopic (exact) mass is 200 g/mol. The summed E-state index contributed by atoms with van der Waals surface area (Å²) < 4.78 is 0. The highest BCUT2D eigenvalue weighted by molar-refractivity contribution is 5.74. The predicted octanol–water partition coefficient (Wildman–Crippen LogP) is -0.376. The van der Waals surface area contributed by atoms with E-state index < -0.39 is 12.0 Å². The minimum absolute atomic E-state index is 0.0626. The van der Waals surface area contributed by atoms with Crippen LogP contribution in [0.1, 0.15) is 13.8 Å². The van der Waals surface area contributed by atoms with Gasteiger partial charge in [-0.05, 0) is 6.92 Å². The van der Waals surface area contributed by atoms with Crippen LogP contribution in [-0.2, 0) is 9.59 Å². The van der Waals surface area contributed by atoms with Gasteiger partial charge in [0.2, 0.25) is 5.91 Å². The molecule has 1 aliphatic rings. The van der Waals surface area contributed by atoms with Crippen LogP contribution in [-0.4, -0.2) is 59.0 Å². The zero-order valence-corrected chi connectivity index (χ0v) is 8.56. The Kier molecular flexibility index (Phi) is 3.46. The lowest BCUT2D eigenvalue weighted by molar-refractivity contribution is -0.143. The number of carbonyl (C=O) groups is 2. The van der Waals surface area contributed by atoms with Gasteiger partial charge in [0, 0.05) is 33.1 Å². The van der Waals surface area contributed by atoms with Crippen LogP contribution in [0.2, 0.25) is 0 Å². The summed E-state index contributed by atoms with van der Waals surface area (Å²) in [7, 11) is 0. The first-order chi connectivity index (χ1) is 6.52. The third-order valence-electron chi connectivity index (χ3n) is 2.66. The molecule has 0 aromatic heterocycles. The Morgan fingerprint density at radius 1 is 1.21 bits per heavy atom. The van der Waals surface area contributed by atoms with Crippen LogP contribution in [0.25, 0.3) is 0 Å². The average molecular weight is 200 g/mol. The topological polar surface area (TPSA) is 60.9 Å². The number of piperazine rings is 1. The van der Waals surface area contributed by atoms with Crippen molar-refractivity contribution in [3.05, 3.63) is 0 Å². The molecule has 0 saturated carbocycles. The van der Waals surface area contributed by atoms with Gasteiger partial charge in [-0.2, -0.15) is 0 Å². The van der Waals surface area contributed by atoms with Crippen LogP contribution >= 0.6 is 0 Å². The highest BCUT2D eigenvalue weighted by atomic mass is 16.4. The first kappa shape index (κ1) is 11.0. The van der Waals surface area contributed by atoms with E-state index in [4.69, 9.17) is 5.11 Å². The number of carbonyl (C=O) groups excluding carboxylic acids is 1. The maximum absolute atomic E-state index is 11.0. The fourth-order valence-electron chi connectivity index (χ4n) is 1.58. The lowest BCUT2D eigenvalue weighted by atomic mass is 10.2. The number of carboxylic acid groups (broad SMARTS) is 1. The Morgan fingerprint density at radius 3 is 2.07 bits per heavy atom. The van der Waals surface area contributed by atoms with E-state index in [1.54, 1.807) is 11.8 Å². The molecular formula is C9H16N2O3. The quantitative estimate of drug-likeness (QED) is 0.660. The highest BCUT2D eigenvalue weighted by Crippen LogP contribution is 2.06. The minimum Gasteiger partial charge on any atom is -0.480 e. The Balaban J connectivity index is 2.43.